The van der Waals surface area contributed by atoms with Gasteiger partial charge in [-0.1, -0.05) is 5.57 Å². The van der Waals surface area contributed by atoms with Gasteiger partial charge in [0.15, 0.2) is 0 Å². The molecule has 52 valence electrons. The van der Waals surface area contributed by atoms with Crippen LogP contribution in [0.5, 0.6) is 0 Å². The van der Waals surface area contributed by atoms with Gasteiger partial charge in [0.25, 0.3) is 0 Å². The van der Waals surface area contributed by atoms with Gasteiger partial charge in [0.05, 0.1) is 9.30 Å². The van der Waals surface area contributed by atoms with Gasteiger partial charge >= 0.3 is 5.97 Å². The third-order valence-electron chi connectivity index (χ3n) is 0.558. The Labute approximate surface area is 62.5 Å². The van der Waals surface area contributed by atoms with Crippen molar-refractivity contribution in [3.63, 3.8) is 0 Å². The summed E-state index contributed by atoms with van der Waals surface area (Å²) in [5.41, 5.74) is 0.608. The van der Waals surface area contributed by atoms with E-state index in [1.165, 1.54) is 0 Å². The molecule has 0 saturated carbocycles. The Morgan fingerprint density at radius 2 is 2.56 bits per heavy atom. The Balaban J connectivity index is 4.54. The minimum Gasteiger partial charge on any atom is -0.463 e. The molecule has 0 aromatic carbocycles. The van der Waals surface area contributed by atoms with E-state index in [-0.39, 0.29) is 0 Å². The van der Waals surface area contributed by atoms with E-state index in [0.29, 0.717) is 5.57 Å². The molecule has 0 amide bonds. The molecule has 0 N–H and O–H groups in total. The highest BCUT2D eigenvalue weighted by Gasteiger charge is 1.92. The molecule has 9 heavy (non-hydrogen) atoms. The van der Waals surface area contributed by atoms with Crippen LogP contribution in [0.15, 0.2) is 11.6 Å². The first-order valence-corrected chi connectivity index (χ1v) is 2.44. The molecule has 0 unspecified atom stereocenters. The Morgan fingerprint density at radius 1 is 1.89 bits per heavy atom. The Kier molecular flexibility index (Phi) is 1.31. The number of ether oxygens (including phenoxy) is 1. The van der Waals surface area contributed by atoms with Gasteiger partial charge < -0.3 is 4.74 Å². The maximum absolute atomic E-state index is 10.9. The second kappa shape index (κ2) is 4.13. The van der Waals surface area contributed by atoms with Crippen molar-refractivity contribution in [2.24, 2.45) is 0 Å². The summed E-state index contributed by atoms with van der Waals surface area (Å²) in [6.07, 6.45) is 1.03. The SMILES string of the molecule is [2H]C([2H])([2H])C([2H])([2H])OC(=O)C=C(C)C. The largest absolute Gasteiger partial charge is 0.463 e. The Hall–Kier alpha value is -0.790. The van der Waals surface area contributed by atoms with Crippen LogP contribution in [0.3, 0.4) is 0 Å². The highest BCUT2D eigenvalue weighted by molar-refractivity contribution is 5.82. The number of hydrogen-bond donors (Lipinski definition) is 0. The predicted octanol–water partition coefficient (Wildman–Crippen LogP) is 1.52. The van der Waals surface area contributed by atoms with E-state index in [9.17, 15) is 4.79 Å². The number of carbonyl (C=O) groups is 1. The predicted molar refractivity (Wildman–Crippen MR) is 36.1 cm³/mol. The number of allylic oxidation sites excluding steroid dienone is 1. The lowest BCUT2D eigenvalue weighted by Gasteiger charge is -1.94. The molecule has 0 radical (unpaired) electrons. The van der Waals surface area contributed by atoms with Gasteiger partial charge in [-0.25, -0.2) is 4.79 Å². The molecule has 0 bridgehead atoms. The normalized spacial score (nSPS) is 19.6. The van der Waals surface area contributed by atoms with Gasteiger partial charge in [0, 0.05) is 10.2 Å². The second-order valence-electron chi connectivity index (χ2n) is 1.74. The summed E-state index contributed by atoms with van der Waals surface area (Å²) >= 11 is 0. The van der Waals surface area contributed by atoms with Crippen molar-refractivity contribution in [1.82, 2.24) is 0 Å². The quantitative estimate of drug-likeness (QED) is 0.421. The molecule has 2 heteroatoms. The number of carbonyl (C=O) groups excluding carboxylic acids is 1. The summed E-state index contributed by atoms with van der Waals surface area (Å²) in [7, 11) is 0. The Bertz CT molecular complexity index is 249. The van der Waals surface area contributed by atoms with Gasteiger partial charge in [0.1, 0.15) is 0 Å². The van der Waals surface area contributed by atoms with E-state index >= 15 is 0 Å². The zero-order valence-corrected chi connectivity index (χ0v) is 5.39. The molecular formula is C7H12O2. The molecule has 0 aromatic heterocycles. The number of esters is 1. The van der Waals surface area contributed by atoms with Crippen LogP contribution in [0, 0.1) is 0 Å². The molecule has 0 aliphatic heterocycles. The average molecular weight is 133 g/mol. The lowest BCUT2D eigenvalue weighted by molar-refractivity contribution is -0.137. The maximum Gasteiger partial charge on any atom is 0.330 e. The van der Waals surface area contributed by atoms with Gasteiger partial charge in [-0.15, -0.1) is 0 Å². The van der Waals surface area contributed by atoms with Gasteiger partial charge in [-0.05, 0) is 20.7 Å². The maximum atomic E-state index is 10.9. The third-order valence-corrected chi connectivity index (χ3v) is 0.558. The van der Waals surface area contributed by atoms with Crippen LogP contribution in [0.2, 0.25) is 0 Å². The molecule has 0 saturated heterocycles. The van der Waals surface area contributed by atoms with Crippen molar-refractivity contribution < 1.29 is 16.4 Å². The fraction of sp³-hybridized carbons (Fsp3) is 0.571. The zero-order chi connectivity index (χ0) is 11.6. The second-order valence-corrected chi connectivity index (χ2v) is 1.74. The van der Waals surface area contributed by atoms with E-state index < -0.39 is 19.4 Å². The zero-order valence-electron chi connectivity index (χ0n) is 10.4. The number of rotatable bonds is 2. The van der Waals surface area contributed by atoms with Crippen LogP contribution in [0.1, 0.15) is 27.6 Å². The van der Waals surface area contributed by atoms with Crippen LogP contribution in [-0.2, 0) is 9.53 Å². The first kappa shape index (κ1) is 2.86. The fourth-order valence-electron chi connectivity index (χ4n) is 0.315. The lowest BCUT2D eigenvalue weighted by atomic mass is 10.3. The molecule has 0 heterocycles. The highest BCUT2D eigenvalue weighted by atomic mass is 16.5. The van der Waals surface area contributed by atoms with Crippen molar-refractivity contribution in [1.29, 1.82) is 0 Å². The summed E-state index contributed by atoms with van der Waals surface area (Å²) in [6.45, 7) is -2.69. The molecule has 0 spiro atoms. The van der Waals surface area contributed by atoms with E-state index in [0.717, 1.165) is 6.08 Å². The van der Waals surface area contributed by atoms with Crippen LogP contribution < -0.4 is 0 Å². The van der Waals surface area contributed by atoms with Crippen molar-refractivity contribution >= 4 is 5.97 Å². The molecule has 0 atom stereocenters. The monoisotopic (exact) mass is 133 g/mol. The summed E-state index contributed by atoms with van der Waals surface area (Å²) in [5.74, 6) is -0.994. The standard InChI is InChI=1S/C7H12O2/c1-4-9-7(8)5-6(2)3/h5H,4H2,1-3H3/i1D3,4D2. The molecule has 0 aromatic rings. The summed E-state index contributed by atoms with van der Waals surface area (Å²) in [4.78, 5) is 10.9. The van der Waals surface area contributed by atoms with Gasteiger partial charge in [-0.2, -0.15) is 0 Å². The molecule has 2 nitrogen and oxygen atoms in total. The first-order chi connectivity index (χ1) is 6.06. The molecule has 0 aliphatic rings. The smallest absolute Gasteiger partial charge is 0.330 e. The van der Waals surface area contributed by atoms with Crippen molar-refractivity contribution in [3.05, 3.63) is 11.6 Å². The van der Waals surface area contributed by atoms with Crippen LogP contribution in [0.4, 0.5) is 0 Å². The third kappa shape index (κ3) is 5.07. The molecule has 0 rings (SSSR count). The minimum atomic E-state index is -2.97. The van der Waals surface area contributed by atoms with Crippen LogP contribution >= 0.6 is 0 Å². The molecular weight excluding hydrogens is 116 g/mol. The topological polar surface area (TPSA) is 26.3 Å². The average Bonchev–Trinajstić information content (AvgIpc) is 1.79. The van der Waals surface area contributed by atoms with E-state index in [2.05, 4.69) is 4.74 Å². The highest BCUT2D eigenvalue weighted by Crippen LogP contribution is 1.89. The lowest BCUT2D eigenvalue weighted by Crippen LogP contribution is -1.99. The van der Waals surface area contributed by atoms with Crippen molar-refractivity contribution in [2.45, 2.75) is 20.7 Å². The number of hydrogen-bond acceptors (Lipinski definition) is 2. The summed E-state index contributed by atoms with van der Waals surface area (Å²) in [6, 6.07) is 0. The molecule has 0 fully saturated rings. The van der Waals surface area contributed by atoms with E-state index in [1.807, 2.05) is 0 Å². The van der Waals surface area contributed by atoms with E-state index in [1.54, 1.807) is 13.8 Å². The first-order valence-electron chi connectivity index (χ1n) is 4.94. The summed E-state index contributed by atoms with van der Waals surface area (Å²) in [5, 5.41) is 0. The Morgan fingerprint density at radius 3 is 3.00 bits per heavy atom. The van der Waals surface area contributed by atoms with Crippen molar-refractivity contribution in [2.75, 3.05) is 6.56 Å². The molecule has 0 aliphatic carbocycles. The van der Waals surface area contributed by atoms with Gasteiger partial charge in [0.2, 0.25) is 0 Å². The van der Waals surface area contributed by atoms with Gasteiger partial charge in [-0.3, -0.25) is 0 Å². The van der Waals surface area contributed by atoms with Crippen LogP contribution in [-0.4, -0.2) is 12.5 Å². The van der Waals surface area contributed by atoms with Crippen molar-refractivity contribution in [3.8, 4) is 0 Å². The van der Waals surface area contributed by atoms with E-state index in [4.69, 9.17) is 6.85 Å². The fourth-order valence-corrected chi connectivity index (χ4v) is 0.315. The van der Waals surface area contributed by atoms with Crippen LogP contribution in [0.25, 0.3) is 0 Å². The minimum absolute atomic E-state index is 0.608. The summed E-state index contributed by atoms with van der Waals surface area (Å²) < 4.78 is 38.4.